The number of carbonyl (C=O) groups excluding carboxylic acids is 3. The van der Waals surface area contributed by atoms with Gasteiger partial charge in [0.2, 0.25) is 0 Å². The van der Waals surface area contributed by atoms with Crippen molar-refractivity contribution >= 4 is 23.4 Å². The van der Waals surface area contributed by atoms with Crippen molar-refractivity contribution in [2.75, 3.05) is 34.3 Å². The maximum Gasteiger partial charge on any atom is 0.354 e. The van der Waals surface area contributed by atoms with Crippen LogP contribution >= 0.6 is 0 Å². The normalized spacial score (nSPS) is 17.9. The number of methoxy groups -OCH3 is 1. The van der Waals surface area contributed by atoms with E-state index in [9.17, 15) is 19.5 Å². The lowest BCUT2D eigenvalue weighted by molar-refractivity contribution is -0.139. The van der Waals surface area contributed by atoms with Gasteiger partial charge in [0.25, 0.3) is 11.7 Å². The summed E-state index contributed by atoms with van der Waals surface area (Å²) in [6, 6.07) is 2.71. The first kappa shape index (κ1) is 23.2. The summed E-state index contributed by atoms with van der Waals surface area (Å²) in [5.74, 6) is -2.34. The van der Waals surface area contributed by atoms with E-state index in [0.717, 1.165) is 6.54 Å². The topological polar surface area (TPSA) is 116 Å². The zero-order valence-corrected chi connectivity index (χ0v) is 18.9. The maximum absolute atomic E-state index is 13.1. The molecule has 9 nitrogen and oxygen atoms in total. The van der Waals surface area contributed by atoms with Gasteiger partial charge in [-0.1, -0.05) is 6.07 Å². The second-order valence-corrected chi connectivity index (χ2v) is 8.05. The number of Topliss-reactive ketones (excluding diaryl/α,β-unsaturated/α-hetero) is 1. The predicted molar refractivity (Wildman–Crippen MR) is 118 cm³/mol. The molecule has 2 aromatic heterocycles. The van der Waals surface area contributed by atoms with Crippen molar-refractivity contribution in [3.8, 4) is 0 Å². The number of nitrogens with zero attached hydrogens (tertiary/aromatic N) is 3. The summed E-state index contributed by atoms with van der Waals surface area (Å²) in [6.45, 7) is 4.41. The summed E-state index contributed by atoms with van der Waals surface area (Å²) in [4.78, 5) is 48.6. The highest BCUT2D eigenvalue weighted by atomic mass is 16.5. The molecule has 32 heavy (non-hydrogen) atoms. The zero-order chi connectivity index (χ0) is 23.6. The molecule has 1 fully saturated rings. The summed E-state index contributed by atoms with van der Waals surface area (Å²) in [6.07, 6.45) is 3.84. The Kier molecular flexibility index (Phi) is 6.78. The van der Waals surface area contributed by atoms with E-state index >= 15 is 0 Å². The molecule has 3 heterocycles. The van der Waals surface area contributed by atoms with Crippen molar-refractivity contribution in [1.29, 1.82) is 0 Å². The first-order valence-corrected chi connectivity index (χ1v) is 10.3. The van der Waals surface area contributed by atoms with Crippen molar-refractivity contribution in [3.63, 3.8) is 0 Å². The van der Waals surface area contributed by atoms with Gasteiger partial charge in [0.05, 0.1) is 18.7 Å². The third-order valence-electron chi connectivity index (χ3n) is 5.61. The van der Waals surface area contributed by atoms with Crippen LogP contribution in [-0.2, 0) is 14.3 Å². The monoisotopic (exact) mass is 440 g/mol. The third-order valence-corrected chi connectivity index (χ3v) is 5.61. The third kappa shape index (κ3) is 4.16. The Morgan fingerprint density at radius 3 is 2.62 bits per heavy atom. The molecule has 0 bridgehead atoms. The average molecular weight is 441 g/mol. The number of hydrogen-bond donors (Lipinski definition) is 2. The molecule has 1 atom stereocenters. The molecule has 2 aromatic rings. The largest absolute Gasteiger partial charge is 0.507 e. The minimum Gasteiger partial charge on any atom is -0.507 e. The number of aliphatic hydroxyl groups is 1. The molecule has 3 rings (SSSR count). The van der Waals surface area contributed by atoms with E-state index in [1.165, 1.54) is 12.0 Å². The van der Waals surface area contributed by atoms with E-state index in [-0.39, 0.29) is 17.0 Å². The fourth-order valence-electron chi connectivity index (χ4n) is 4.10. The molecule has 1 aliphatic heterocycles. The number of H-pyrrole nitrogens is 1. The molecule has 0 radical (unpaired) electrons. The molecule has 0 aliphatic carbocycles. The number of hydrogen-bond acceptors (Lipinski definition) is 7. The Bertz CT molecular complexity index is 1070. The number of amides is 1. The molecule has 2 N–H and O–H groups in total. The van der Waals surface area contributed by atoms with E-state index in [1.54, 1.807) is 38.4 Å². The molecule has 1 unspecified atom stereocenters. The molecular weight excluding hydrogens is 412 g/mol. The quantitative estimate of drug-likeness (QED) is 0.293. The molecule has 1 saturated heterocycles. The van der Waals surface area contributed by atoms with Gasteiger partial charge in [0.1, 0.15) is 11.5 Å². The highest BCUT2D eigenvalue weighted by molar-refractivity contribution is 6.46. The highest BCUT2D eigenvalue weighted by Gasteiger charge is 2.46. The van der Waals surface area contributed by atoms with Crippen molar-refractivity contribution in [1.82, 2.24) is 19.8 Å². The first-order chi connectivity index (χ1) is 15.2. The van der Waals surface area contributed by atoms with Crippen LogP contribution in [0.2, 0.25) is 0 Å². The Labute approximate surface area is 186 Å². The Morgan fingerprint density at radius 1 is 1.31 bits per heavy atom. The molecule has 170 valence electrons. The highest BCUT2D eigenvalue weighted by Crippen LogP contribution is 2.40. The Hall–Kier alpha value is -3.46. The number of carbonyl (C=O) groups is 3. The smallest absolute Gasteiger partial charge is 0.354 e. The number of ether oxygens (including phenoxy) is 1. The van der Waals surface area contributed by atoms with Gasteiger partial charge >= 0.3 is 5.97 Å². The van der Waals surface area contributed by atoms with Gasteiger partial charge in [0, 0.05) is 30.2 Å². The van der Waals surface area contributed by atoms with Gasteiger partial charge in [-0.3, -0.25) is 14.6 Å². The molecule has 0 saturated carbocycles. The number of rotatable bonds is 7. The minimum atomic E-state index is -0.777. The van der Waals surface area contributed by atoms with Crippen LogP contribution in [0.3, 0.4) is 0 Å². The van der Waals surface area contributed by atoms with E-state index in [2.05, 4.69) is 9.97 Å². The number of aromatic amines is 1. The van der Waals surface area contributed by atoms with Gasteiger partial charge in [0.15, 0.2) is 0 Å². The lowest BCUT2D eigenvalue weighted by Crippen LogP contribution is -2.32. The van der Waals surface area contributed by atoms with Crippen LogP contribution in [0.1, 0.15) is 45.3 Å². The minimum absolute atomic E-state index is 0.0190. The Balaban J connectivity index is 2.15. The molecule has 1 amide bonds. The second-order valence-electron chi connectivity index (χ2n) is 8.05. The summed E-state index contributed by atoms with van der Waals surface area (Å²) in [5.41, 5.74) is 2.03. The summed E-state index contributed by atoms with van der Waals surface area (Å²) >= 11 is 0. The van der Waals surface area contributed by atoms with E-state index < -0.39 is 23.7 Å². The van der Waals surface area contributed by atoms with Crippen molar-refractivity contribution in [3.05, 3.63) is 58.2 Å². The van der Waals surface area contributed by atoms with Gasteiger partial charge in [-0.25, -0.2) is 4.79 Å². The number of esters is 1. The van der Waals surface area contributed by atoms with Crippen LogP contribution in [0.15, 0.2) is 30.1 Å². The molecular formula is C23H28N4O5. The number of ketones is 1. The maximum atomic E-state index is 13.1. The summed E-state index contributed by atoms with van der Waals surface area (Å²) in [7, 11) is 5.13. The van der Waals surface area contributed by atoms with Crippen LogP contribution in [-0.4, -0.2) is 76.8 Å². The number of aliphatic hydroxyl groups excluding tert-OH is 1. The lowest BCUT2D eigenvalue weighted by Gasteiger charge is -2.25. The standard InChI is InChI=1S/C23H28N4O5/c1-13-16(14(2)25-18(13)23(31)32-5)20(28)17-19(15-8-6-9-24-12-15)27(22(30)21(17)29)11-7-10-26(3)4/h6,8-9,12,19,25,28H,7,10-11H2,1-5H3/b20-17-. The van der Waals surface area contributed by atoms with Crippen LogP contribution in [0.5, 0.6) is 0 Å². The summed E-state index contributed by atoms with van der Waals surface area (Å²) < 4.78 is 4.79. The van der Waals surface area contributed by atoms with E-state index in [0.29, 0.717) is 35.3 Å². The van der Waals surface area contributed by atoms with Gasteiger partial charge in [-0.15, -0.1) is 0 Å². The fraction of sp³-hybridized carbons (Fsp3) is 0.391. The van der Waals surface area contributed by atoms with Crippen molar-refractivity contribution < 1.29 is 24.2 Å². The zero-order valence-electron chi connectivity index (χ0n) is 18.9. The van der Waals surface area contributed by atoms with Crippen LogP contribution < -0.4 is 0 Å². The van der Waals surface area contributed by atoms with Gasteiger partial charge in [-0.05, 0) is 58.1 Å². The molecule has 0 spiro atoms. The van der Waals surface area contributed by atoms with Crippen LogP contribution in [0, 0.1) is 13.8 Å². The van der Waals surface area contributed by atoms with Gasteiger partial charge in [-0.2, -0.15) is 0 Å². The first-order valence-electron chi connectivity index (χ1n) is 10.3. The average Bonchev–Trinajstić information content (AvgIpc) is 3.20. The van der Waals surface area contributed by atoms with Crippen LogP contribution in [0.4, 0.5) is 0 Å². The Morgan fingerprint density at radius 2 is 2.03 bits per heavy atom. The van der Waals surface area contributed by atoms with E-state index in [4.69, 9.17) is 4.74 Å². The SMILES string of the molecule is COC(=O)c1[nH]c(C)c(/C(O)=C2/C(=O)C(=O)N(CCCN(C)C)C2c2cccnc2)c1C. The fourth-order valence-corrected chi connectivity index (χ4v) is 4.10. The number of likely N-dealkylation sites (tertiary alicyclic amines) is 1. The molecule has 0 aromatic carbocycles. The number of nitrogens with one attached hydrogen (secondary N) is 1. The number of pyridine rings is 1. The number of aromatic nitrogens is 2. The van der Waals surface area contributed by atoms with Crippen LogP contribution in [0.25, 0.3) is 5.76 Å². The van der Waals surface area contributed by atoms with E-state index in [1.807, 2.05) is 19.0 Å². The second kappa shape index (κ2) is 9.35. The number of aryl methyl sites for hydroxylation is 1. The van der Waals surface area contributed by atoms with Crippen molar-refractivity contribution in [2.45, 2.75) is 26.3 Å². The molecule has 1 aliphatic rings. The predicted octanol–water partition coefficient (Wildman–Crippen LogP) is 2.19. The van der Waals surface area contributed by atoms with Crippen molar-refractivity contribution in [2.24, 2.45) is 0 Å². The van der Waals surface area contributed by atoms with Gasteiger partial charge < -0.3 is 24.6 Å². The molecule has 9 heteroatoms. The summed E-state index contributed by atoms with van der Waals surface area (Å²) in [5, 5.41) is 11.3. The lowest BCUT2D eigenvalue weighted by atomic mass is 9.95.